The minimum absolute atomic E-state index is 0.155. The molecule has 2 N–H and O–H groups in total. The van der Waals surface area contributed by atoms with Gasteiger partial charge >= 0.3 is 5.97 Å². The molecule has 134 valence electrons. The molecule has 5 heteroatoms. The van der Waals surface area contributed by atoms with Crippen molar-refractivity contribution < 1.29 is 14.7 Å². The Morgan fingerprint density at radius 2 is 1.71 bits per heavy atom. The summed E-state index contributed by atoms with van der Waals surface area (Å²) in [5.74, 6) is -1.21. The second-order valence-electron chi connectivity index (χ2n) is 6.45. The van der Waals surface area contributed by atoms with Crippen LogP contribution < -0.4 is 5.32 Å². The normalized spacial score (nSPS) is 13.3. The molecule has 0 bridgehead atoms. The van der Waals surface area contributed by atoms with E-state index in [-0.39, 0.29) is 18.9 Å². The van der Waals surface area contributed by atoms with Gasteiger partial charge < -0.3 is 15.3 Å². The molecule has 1 rings (SSSR count). The average molecular weight is 334 g/mol. The molecule has 0 saturated carbocycles. The molecule has 0 aliphatic carbocycles. The van der Waals surface area contributed by atoms with Crippen molar-refractivity contribution in [1.82, 2.24) is 10.2 Å². The molecule has 1 unspecified atom stereocenters. The number of benzene rings is 1. The molecule has 0 aliphatic heterocycles. The summed E-state index contributed by atoms with van der Waals surface area (Å²) in [7, 11) is 1.57. The van der Waals surface area contributed by atoms with Crippen molar-refractivity contribution in [2.45, 2.75) is 52.0 Å². The Morgan fingerprint density at radius 1 is 1.12 bits per heavy atom. The summed E-state index contributed by atoms with van der Waals surface area (Å²) in [6.45, 7) is 6.64. The van der Waals surface area contributed by atoms with Crippen molar-refractivity contribution in [2.75, 3.05) is 20.1 Å². The van der Waals surface area contributed by atoms with E-state index in [4.69, 9.17) is 0 Å². The first-order chi connectivity index (χ1) is 11.3. The number of aryl methyl sites for hydroxylation is 1. The van der Waals surface area contributed by atoms with E-state index < -0.39 is 11.5 Å². The Hall–Kier alpha value is -1.88. The third kappa shape index (κ3) is 5.34. The third-order valence-electron chi connectivity index (χ3n) is 4.39. The van der Waals surface area contributed by atoms with Crippen LogP contribution in [0.5, 0.6) is 0 Å². The van der Waals surface area contributed by atoms with Crippen LogP contribution in [0.3, 0.4) is 0 Å². The van der Waals surface area contributed by atoms with Crippen molar-refractivity contribution in [1.29, 1.82) is 0 Å². The zero-order valence-electron chi connectivity index (χ0n) is 15.3. The molecule has 0 fully saturated rings. The Balaban J connectivity index is 2.86. The first kappa shape index (κ1) is 20.2. The smallest absolute Gasteiger partial charge is 0.329 e. The van der Waals surface area contributed by atoms with E-state index in [1.54, 1.807) is 14.0 Å². The Bertz CT molecular complexity index is 542. The van der Waals surface area contributed by atoms with Gasteiger partial charge in [-0.3, -0.25) is 4.79 Å². The van der Waals surface area contributed by atoms with E-state index in [0.29, 0.717) is 0 Å². The monoisotopic (exact) mass is 334 g/mol. The summed E-state index contributed by atoms with van der Waals surface area (Å²) in [4.78, 5) is 25.5. The van der Waals surface area contributed by atoms with Crippen LogP contribution in [0.15, 0.2) is 24.3 Å². The van der Waals surface area contributed by atoms with Gasteiger partial charge in [0.2, 0.25) is 5.91 Å². The van der Waals surface area contributed by atoms with Crippen LogP contribution in [0.1, 0.15) is 44.7 Å². The maximum absolute atomic E-state index is 12.3. The first-order valence-electron chi connectivity index (χ1n) is 8.63. The molecular weight excluding hydrogens is 304 g/mol. The lowest BCUT2D eigenvalue weighted by Gasteiger charge is -2.35. The van der Waals surface area contributed by atoms with Gasteiger partial charge in [-0.2, -0.15) is 0 Å². The highest BCUT2D eigenvalue weighted by Crippen LogP contribution is 2.21. The predicted molar refractivity (Wildman–Crippen MR) is 96.1 cm³/mol. The van der Waals surface area contributed by atoms with Gasteiger partial charge in [-0.25, -0.2) is 4.79 Å². The largest absolute Gasteiger partial charge is 0.479 e. The molecule has 0 spiro atoms. The number of aliphatic carboxylic acids is 1. The zero-order chi connectivity index (χ0) is 18.2. The average Bonchev–Trinajstić information content (AvgIpc) is 2.56. The number of carbonyl (C=O) groups excluding carboxylic acids is 1. The molecule has 1 aromatic rings. The number of carbonyl (C=O) groups is 2. The highest BCUT2D eigenvalue weighted by Gasteiger charge is 2.40. The second-order valence-corrected chi connectivity index (χ2v) is 6.45. The number of hydrogen-bond donors (Lipinski definition) is 2. The Labute approximate surface area is 145 Å². The van der Waals surface area contributed by atoms with Crippen molar-refractivity contribution in [3.05, 3.63) is 35.4 Å². The van der Waals surface area contributed by atoms with Crippen molar-refractivity contribution >= 4 is 11.9 Å². The van der Waals surface area contributed by atoms with Gasteiger partial charge in [-0.1, -0.05) is 44.5 Å². The fourth-order valence-corrected chi connectivity index (χ4v) is 2.61. The maximum atomic E-state index is 12.3. The van der Waals surface area contributed by atoms with Crippen LogP contribution in [0, 0.1) is 0 Å². The highest BCUT2D eigenvalue weighted by atomic mass is 16.4. The number of likely N-dealkylation sites (N-methyl/N-ethyl adjacent to an activating group) is 1. The minimum Gasteiger partial charge on any atom is -0.479 e. The number of nitrogens with one attached hydrogen (secondary N) is 1. The standard InChI is InChI=1S/C19H30N2O3/c1-5-7-15-8-10-16(11-9-15)13-19(3,18(23)24)21(4)17(22)14-20-12-6-2/h8-11,20H,5-7,12-14H2,1-4H3,(H,23,24). The molecule has 1 amide bonds. The molecule has 5 nitrogen and oxygen atoms in total. The first-order valence-corrected chi connectivity index (χ1v) is 8.63. The molecule has 24 heavy (non-hydrogen) atoms. The van der Waals surface area contributed by atoms with Crippen LogP contribution in [0.25, 0.3) is 0 Å². The SMILES string of the molecule is CCCNCC(=O)N(C)C(C)(Cc1ccc(CCC)cc1)C(=O)O. The number of hydrogen-bond acceptors (Lipinski definition) is 3. The van der Waals surface area contributed by atoms with E-state index in [1.165, 1.54) is 10.5 Å². The van der Waals surface area contributed by atoms with Crippen LogP contribution in [-0.2, 0) is 22.4 Å². The van der Waals surface area contributed by atoms with Gasteiger partial charge in [0.05, 0.1) is 6.54 Å². The summed E-state index contributed by atoms with van der Waals surface area (Å²) in [6.07, 6.45) is 3.30. The lowest BCUT2D eigenvalue weighted by atomic mass is 9.90. The maximum Gasteiger partial charge on any atom is 0.329 e. The van der Waals surface area contributed by atoms with E-state index in [9.17, 15) is 14.7 Å². The Kier molecular flexibility index (Phi) is 7.92. The van der Waals surface area contributed by atoms with Gasteiger partial charge in [-0.15, -0.1) is 0 Å². The van der Waals surface area contributed by atoms with Crippen molar-refractivity contribution in [2.24, 2.45) is 0 Å². The van der Waals surface area contributed by atoms with Gasteiger partial charge in [0.25, 0.3) is 0 Å². The van der Waals surface area contributed by atoms with Crippen LogP contribution >= 0.6 is 0 Å². The summed E-state index contributed by atoms with van der Waals surface area (Å²) in [5.41, 5.74) is 0.893. The predicted octanol–water partition coefficient (Wildman–Crippen LogP) is 2.48. The molecule has 0 aliphatic rings. The van der Waals surface area contributed by atoms with E-state index in [0.717, 1.165) is 31.4 Å². The van der Waals surface area contributed by atoms with E-state index in [1.807, 2.05) is 31.2 Å². The molecular formula is C19H30N2O3. The number of nitrogens with zero attached hydrogens (tertiary/aromatic N) is 1. The van der Waals surface area contributed by atoms with Gasteiger partial charge in [-0.05, 0) is 37.4 Å². The molecule has 1 aromatic carbocycles. The van der Waals surface area contributed by atoms with Gasteiger partial charge in [0, 0.05) is 13.5 Å². The second kappa shape index (κ2) is 9.42. The summed E-state index contributed by atoms with van der Waals surface area (Å²) >= 11 is 0. The quantitative estimate of drug-likeness (QED) is 0.645. The third-order valence-corrected chi connectivity index (χ3v) is 4.39. The number of amides is 1. The highest BCUT2D eigenvalue weighted by molar-refractivity contribution is 5.87. The zero-order valence-corrected chi connectivity index (χ0v) is 15.3. The summed E-state index contributed by atoms with van der Waals surface area (Å²) < 4.78 is 0. The van der Waals surface area contributed by atoms with Crippen LogP contribution in [0.4, 0.5) is 0 Å². The van der Waals surface area contributed by atoms with E-state index in [2.05, 4.69) is 12.2 Å². The van der Waals surface area contributed by atoms with Crippen molar-refractivity contribution in [3.63, 3.8) is 0 Å². The fourth-order valence-electron chi connectivity index (χ4n) is 2.61. The molecule has 1 atom stereocenters. The van der Waals surface area contributed by atoms with Gasteiger partial charge in [0.15, 0.2) is 0 Å². The number of carboxylic acid groups (broad SMARTS) is 1. The van der Waals surface area contributed by atoms with Gasteiger partial charge in [0.1, 0.15) is 5.54 Å². The molecule has 0 radical (unpaired) electrons. The molecule has 0 saturated heterocycles. The van der Waals surface area contributed by atoms with Crippen molar-refractivity contribution in [3.8, 4) is 0 Å². The Morgan fingerprint density at radius 3 is 2.21 bits per heavy atom. The topological polar surface area (TPSA) is 69.6 Å². The van der Waals surface area contributed by atoms with E-state index >= 15 is 0 Å². The number of rotatable bonds is 10. The summed E-state index contributed by atoms with van der Waals surface area (Å²) in [6, 6.07) is 7.98. The fraction of sp³-hybridized carbons (Fsp3) is 0.579. The van der Waals surface area contributed by atoms with Crippen LogP contribution in [-0.4, -0.2) is 47.6 Å². The van der Waals surface area contributed by atoms with Crippen LogP contribution in [0.2, 0.25) is 0 Å². The lowest BCUT2D eigenvalue weighted by Crippen LogP contribution is -2.56. The lowest BCUT2D eigenvalue weighted by molar-refractivity contribution is -0.156. The summed E-state index contributed by atoms with van der Waals surface area (Å²) in [5, 5.41) is 12.7. The number of carboxylic acids is 1. The molecule has 0 heterocycles. The molecule has 0 aromatic heterocycles. The minimum atomic E-state index is -1.27.